The molecule has 1 aromatic rings. The Hall–Kier alpha value is -2.32. The van der Waals surface area contributed by atoms with Gasteiger partial charge in [0.1, 0.15) is 18.1 Å². The molecule has 124 valence electrons. The van der Waals surface area contributed by atoms with Crippen molar-refractivity contribution in [3.05, 3.63) is 24.3 Å². The Morgan fingerprint density at radius 3 is 2.23 bits per heavy atom. The largest absolute Gasteiger partial charge is 0.494 e. The van der Waals surface area contributed by atoms with E-state index in [1.807, 2.05) is 31.2 Å². The Balaban J connectivity index is 0.000000626. The molecule has 0 amide bonds. The number of nitrogens with two attached hydrogens (primary N) is 1. The number of carbonyl (C=O) groups is 2. The molecule has 1 aromatic carbocycles. The molecule has 0 unspecified atom stereocenters. The highest BCUT2D eigenvalue weighted by molar-refractivity contribution is 6.27. The smallest absolute Gasteiger partial charge is 0.414 e. The molecule has 0 atom stereocenters. The van der Waals surface area contributed by atoms with Gasteiger partial charge in [-0.1, -0.05) is 6.07 Å². The zero-order valence-electron chi connectivity index (χ0n) is 12.4. The van der Waals surface area contributed by atoms with Gasteiger partial charge in [-0.15, -0.1) is 0 Å². The normalized spacial score (nSPS) is 9.36. The van der Waals surface area contributed by atoms with E-state index in [2.05, 4.69) is 5.32 Å². The van der Waals surface area contributed by atoms with E-state index in [9.17, 15) is 0 Å². The molecule has 1 rings (SSSR count). The topological polar surface area (TPSA) is 131 Å². The van der Waals surface area contributed by atoms with E-state index < -0.39 is 11.9 Å². The van der Waals surface area contributed by atoms with Crippen LogP contribution in [0.5, 0.6) is 11.5 Å². The van der Waals surface area contributed by atoms with Crippen molar-refractivity contribution in [2.75, 3.05) is 32.8 Å². The third-order valence-electron chi connectivity index (χ3n) is 2.17. The highest BCUT2D eigenvalue weighted by atomic mass is 16.5. The van der Waals surface area contributed by atoms with Crippen LogP contribution in [0.25, 0.3) is 0 Å². The standard InChI is InChI=1S/C12H20N2O2.C2H2O4/c1-2-15-11-4-3-5-12(10-11)16-9-8-14-7-6-13;3-1(4)2(5)6/h3-5,10,14H,2,6-9,13H2,1H3;(H,3,4)(H,5,6). The highest BCUT2D eigenvalue weighted by Crippen LogP contribution is 2.18. The summed E-state index contributed by atoms with van der Waals surface area (Å²) in [5.41, 5.74) is 5.36. The predicted octanol–water partition coefficient (Wildman–Crippen LogP) is 0.168. The summed E-state index contributed by atoms with van der Waals surface area (Å²) < 4.78 is 10.9. The molecule has 0 aromatic heterocycles. The number of ether oxygens (including phenoxy) is 2. The lowest BCUT2D eigenvalue weighted by atomic mass is 10.3. The summed E-state index contributed by atoms with van der Waals surface area (Å²) in [4.78, 5) is 18.2. The van der Waals surface area contributed by atoms with Crippen molar-refractivity contribution in [2.24, 2.45) is 5.73 Å². The Kier molecular flexibility index (Phi) is 11.1. The molecule has 22 heavy (non-hydrogen) atoms. The van der Waals surface area contributed by atoms with Gasteiger partial charge in [0.2, 0.25) is 0 Å². The molecule has 0 fully saturated rings. The average Bonchev–Trinajstić information content (AvgIpc) is 2.48. The molecule has 0 radical (unpaired) electrons. The number of rotatable bonds is 8. The number of carboxylic acids is 2. The van der Waals surface area contributed by atoms with Gasteiger partial charge in [-0.2, -0.15) is 0 Å². The van der Waals surface area contributed by atoms with Gasteiger partial charge in [-0.3, -0.25) is 0 Å². The lowest BCUT2D eigenvalue weighted by Gasteiger charge is -2.08. The van der Waals surface area contributed by atoms with Crippen molar-refractivity contribution < 1.29 is 29.3 Å². The summed E-state index contributed by atoms with van der Waals surface area (Å²) in [7, 11) is 0. The van der Waals surface area contributed by atoms with Crippen LogP contribution in [0.15, 0.2) is 24.3 Å². The molecule has 8 heteroatoms. The van der Waals surface area contributed by atoms with Crippen LogP contribution < -0.4 is 20.5 Å². The minimum atomic E-state index is -1.82. The highest BCUT2D eigenvalue weighted by Gasteiger charge is 2.04. The minimum Gasteiger partial charge on any atom is -0.494 e. The molecule has 0 saturated heterocycles. The fourth-order valence-electron chi connectivity index (χ4n) is 1.29. The summed E-state index contributed by atoms with van der Waals surface area (Å²) >= 11 is 0. The van der Waals surface area contributed by atoms with Gasteiger partial charge < -0.3 is 30.7 Å². The van der Waals surface area contributed by atoms with Gasteiger partial charge in [-0.25, -0.2) is 9.59 Å². The van der Waals surface area contributed by atoms with E-state index in [0.29, 0.717) is 19.8 Å². The Labute approximate surface area is 128 Å². The van der Waals surface area contributed by atoms with Crippen LogP contribution in [0.4, 0.5) is 0 Å². The van der Waals surface area contributed by atoms with Crippen LogP contribution in [-0.2, 0) is 9.59 Å². The fraction of sp³-hybridized carbons (Fsp3) is 0.429. The molecule has 0 heterocycles. The van der Waals surface area contributed by atoms with E-state index in [-0.39, 0.29) is 0 Å². The predicted molar refractivity (Wildman–Crippen MR) is 80.3 cm³/mol. The zero-order chi connectivity index (χ0) is 16.8. The van der Waals surface area contributed by atoms with Crippen molar-refractivity contribution in [1.29, 1.82) is 0 Å². The summed E-state index contributed by atoms with van der Waals surface area (Å²) in [6.45, 7) is 5.54. The van der Waals surface area contributed by atoms with E-state index >= 15 is 0 Å². The molecule has 8 nitrogen and oxygen atoms in total. The van der Waals surface area contributed by atoms with Gasteiger partial charge in [0.15, 0.2) is 0 Å². The SMILES string of the molecule is CCOc1cccc(OCCNCCN)c1.O=C(O)C(=O)O. The Bertz CT molecular complexity index is 441. The number of carboxylic acid groups (broad SMARTS) is 2. The quantitative estimate of drug-likeness (QED) is 0.394. The van der Waals surface area contributed by atoms with Crippen LogP contribution in [0.1, 0.15) is 6.92 Å². The van der Waals surface area contributed by atoms with Crippen LogP contribution >= 0.6 is 0 Å². The molecule has 0 saturated carbocycles. The van der Waals surface area contributed by atoms with Crippen molar-refractivity contribution in [2.45, 2.75) is 6.92 Å². The molecular formula is C14H22N2O6. The Morgan fingerprint density at radius 2 is 1.73 bits per heavy atom. The summed E-state index contributed by atoms with van der Waals surface area (Å²) in [6, 6.07) is 7.66. The third kappa shape index (κ3) is 10.5. The van der Waals surface area contributed by atoms with Crippen LogP contribution in [-0.4, -0.2) is 55.0 Å². The second-order valence-electron chi connectivity index (χ2n) is 3.91. The van der Waals surface area contributed by atoms with Crippen LogP contribution in [0, 0.1) is 0 Å². The van der Waals surface area contributed by atoms with Gasteiger partial charge in [0, 0.05) is 25.7 Å². The first-order chi connectivity index (χ1) is 10.5. The number of nitrogens with one attached hydrogen (secondary N) is 1. The first-order valence-electron chi connectivity index (χ1n) is 6.73. The first kappa shape index (κ1) is 19.7. The van der Waals surface area contributed by atoms with Crippen LogP contribution in [0.2, 0.25) is 0 Å². The van der Waals surface area contributed by atoms with E-state index in [1.54, 1.807) is 0 Å². The number of hydrogen-bond donors (Lipinski definition) is 4. The fourth-order valence-corrected chi connectivity index (χ4v) is 1.29. The molecule has 0 aliphatic rings. The van der Waals surface area contributed by atoms with Gasteiger partial charge in [0.05, 0.1) is 6.61 Å². The average molecular weight is 314 g/mol. The molecular weight excluding hydrogens is 292 g/mol. The minimum absolute atomic E-state index is 0.635. The van der Waals surface area contributed by atoms with Crippen molar-refractivity contribution >= 4 is 11.9 Å². The molecule has 5 N–H and O–H groups in total. The van der Waals surface area contributed by atoms with E-state index in [4.69, 9.17) is 35.0 Å². The number of benzene rings is 1. The summed E-state index contributed by atoms with van der Waals surface area (Å²) in [5, 5.41) is 17.9. The molecule has 0 spiro atoms. The van der Waals surface area contributed by atoms with E-state index in [0.717, 1.165) is 24.6 Å². The third-order valence-corrected chi connectivity index (χ3v) is 2.17. The van der Waals surface area contributed by atoms with E-state index in [1.165, 1.54) is 0 Å². The zero-order valence-corrected chi connectivity index (χ0v) is 12.4. The summed E-state index contributed by atoms with van der Waals surface area (Å²) in [6.07, 6.45) is 0. The van der Waals surface area contributed by atoms with Gasteiger partial charge in [-0.05, 0) is 19.1 Å². The van der Waals surface area contributed by atoms with Gasteiger partial charge >= 0.3 is 11.9 Å². The second-order valence-corrected chi connectivity index (χ2v) is 3.91. The molecule has 0 aliphatic carbocycles. The monoisotopic (exact) mass is 314 g/mol. The Morgan fingerprint density at radius 1 is 1.14 bits per heavy atom. The second kappa shape index (κ2) is 12.4. The van der Waals surface area contributed by atoms with Crippen molar-refractivity contribution in [3.63, 3.8) is 0 Å². The summed E-state index contributed by atoms with van der Waals surface area (Å²) in [5.74, 6) is -1.97. The maximum absolute atomic E-state index is 9.10. The first-order valence-corrected chi connectivity index (χ1v) is 6.73. The maximum Gasteiger partial charge on any atom is 0.414 e. The molecule has 0 aliphatic heterocycles. The van der Waals surface area contributed by atoms with Crippen molar-refractivity contribution in [3.8, 4) is 11.5 Å². The molecule has 0 bridgehead atoms. The van der Waals surface area contributed by atoms with Gasteiger partial charge in [0.25, 0.3) is 0 Å². The lowest BCUT2D eigenvalue weighted by Crippen LogP contribution is -2.26. The maximum atomic E-state index is 9.10. The van der Waals surface area contributed by atoms with Crippen molar-refractivity contribution in [1.82, 2.24) is 5.32 Å². The van der Waals surface area contributed by atoms with Crippen LogP contribution in [0.3, 0.4) is 0 Å². The lowest BCUT2D eigenvalue weighted by molar-refractivity contribution is -0.159. The number of aliphatic carboxylic acids is 2. The number of hydrogen-bond acceptors (Lipinski definition) is 6.